The Labute approximate surface area is 276 Å². The highest BCUT2D eigenvalue weighted by atomic mass is 15.2. The molecule has 1 saturated carbocycles. The summed E-state index contributed by atoms with van der Waals surface area (Å²) in [6.07, 6.45) is 13.2. The van der Waals surface area contributed by atoms with Gasteiger partial charge in [-0.1, -0.05) is 94.4 Å². The number of hydrogen-bond donors (Lipinski definition) is 0. The van der Waals surface area contributed by atoms with E-state index in [1.54, 1.807) is 0 Å². The van der Waals surface area contributed by atoms with Gasteiger partial charge in [-0.25, -0.2) is 4.58 Å². The number of piperazine rings is 1. The molecule has 46 heavy (non-hydrogen) atoms. The molecule has 7 rings (SSSR count). The minimum Gasteiger partial charge on any atom is -0.359 e. The summed E-state index contributed by atoms with van der Waals surface area (Å²) < 4.78 is 2.68. The Kier molecular flexibility index (Phi) is 7.79. The zero-order chi connectivity index (χ0) is 32.1. The van der Waals surface area contributed by atoms with Crippen molar-refractivity contribution in [1.82, 2.24) is 0 Å². The van der Waals surface area contributed by atoms with E-state index in [2.05, 4.69) is 164 Å². The quantitative estimate of drug-likeness (QED) is 0.276. The fraction of sp³-hybridized carbons (Fsp3) is 0.357. The molecule has 4 heteroatoms. The van der Waals surface area contributed by atoms with Crippen LogP contribution in [0.3, 0.4) is 0 Å². The van der Waals surface area contributed by atoms with E-state index in [9.17, 15) is 0 Å². The van der Waals surface area contributed by atoms with Gasteiger partial charge in [-0.05, 0) is 66.8 Å². The smallest absolute Gasteiger partial charge is 0.206 e. The Balaban J connectivity index is 1.28. The van der Waals surface area contributed by atoms with Gasteiger partial charge in [0.05, 0.1) is 13.1 Å². The van der Waals surface area contributed by atoms with Gasteiger partial charge in [0.15, 0.2) is 13.1 Å². The van der Waals surface area contributed by atoms with E-state index in [1.165, 1.54) is 62.9 Å². The van der Waals surface area contributed by atoms with Crippen LogP contribution in [0.4, 0.5) is 17.1 Å². The van der Waals surface area contributed by atoms with Gasteiger partial charge in [0, 0.05) is 64.5 Å². The Hall–Kier alpha value is -4.31. The van der Waals surface area contributed by atoms with E-state index < -0.39 is 0 Å². The molecule has 3 aromatic carbocycles. The molecule has 0 N–H and O–H groups in total. The highest BCUT2D eigenvalue weighted by Gasteiger charge is 2.39. The van der Waals surface area contributed by atoms with Gasteiger partial charge in [-0.3, -0.25) is 0 Å². The molecule has 3 aromatic rings. The topological polar surface area (TPSA) is 12.7 Å². The molecular formula is C42H49N4+. The molecular weight excluding hydrogens is 560 g/mol. The van der Waals surface area contributed by atoms with Gasteiger partial charge in [0.1, 0.15) is 0 Å². The first-order chi connectivity index (χ1) is 22.2. The zero-order valence-corrected chi connectivity index (χ0v) is 28.6. The molecule has 3 aliphatic heterocycles. The first-order valence-corrected chi connectivity index (χ1v) is 17.1. The number of para-hydroxylation sites is 3. The largest absolute Gasteiger partial charge is 0.359 e. The number of hydrogen-bond acceptors (Lipinski definition) is 3. The van der Waals surface area contributed by atoms with Gasteiger partial charge in [0.25, 0.3) is 0 Å². The molecule has 3 heterocycles. The van der Waals surface area contributed by atoms with Crippen LogP contribution in [0, 0.1) is 0 Å². The van der Waals surface area contributed by atoms with Crippen LogP contribution in [-0.2, 0) is 10.8 Å². The molecule has 0 aromatic heterocycles. The number of anilines is 3. The lowest BCUT2D eigenvalue weighted by Crippen LogP contribution is -2.45. The highest BCUT2D eigenvalue weighted by Crippen LogP contribution is 2.48. The average Bonchev–Trinajstić information content (AvgIpc) is 3.40. The molecule has 0 unspecified atom stereocenters. The van der Waals surface area contributed by atoms with Crippen molar-refractivity contribution in [2.75, 3.05) is 55.0 Å². The molecule has 0 spiro atoms. The van der Waals surface area contributed by atoms with E-state index in [4.69, 9.17) is 0 Å². The predicted molar refractivity (Wildman–Crippen MR) is 196 cm³/mol. The summed E-state index contributed by atoms with van der Waals surface area (Å²) in [6.45, 7) is 13.6. The Morgan fingerprint density at radius 2 is 1.04 bits per heavy atom. The van der Waals surface area contributed by atoms with Crippen LogP contribution in [-0.4, -0.2) is 50.6 Å². The number of allylic oxidation sites excluding steroid dienone is 8. The van der Waals surface area contributed by atoms with Crippen molar-refractivity contribution < 1.29 is 4.58 Å². The lowest BCUT2D eigenvalue weighted by Gasteiger charge is -2.30. The second-order valence-electron chi connectivity index (χ2n) is 14.4. The van der Waals surface area contributed by atoms with Crippen molar-refractivity contribution in [1.29, 1.82) is 0 Å². The maximum absolute atomic E-state index is 2.68. The molecule has 236 valence electrons. The summed E-state index contributed by atoms with van der Waals surface area (Å²) in [7, 11) is 4.45. The van der Waals surface area contributed by atoms with Gasteiger partial charge < -0.3 is 14.7 Å². The molecule has 2 fully saturated rings. The molecule has 1 aliphatic carbocycles. The Morgan fingerprint density at radius 3 is 1.52 bits per heavy atom. The summed E-state index contributed by atoms with van der Waals surface area (Å²) in [4.78, 5) is 7.33. The van der Waals surface area contributed by atoms with Crippen molar-refractivity contribution in [3.8, 4) is 0 Å². The number of rotatable bonds is 3. The monoisotopic (exact) mass is 609 g/mol. The van der Waals surface area contributed by atoms with Gasteiger partial charge in [-0.2, -0.15) is 0 Å². The van der Waals surface area contributed by atoms with E-state index in [0.717, 1.165) is 39.0 Å². The first kappa shape index (κ1) is 30.3. The molecule has 4 nitrogen and oxygen atoms in total. The summed E-state index contributed by atoms with van der Waals surface area (Å²) in [5.74, 6) is 0. The summed E-state index contributed by atoms with van der Waals surface area (Å²) >= 11 is 0. The minimum atomic E-state index is -0.0325. The second-order valence-corrected chi connectivity index (χ2v) is 14.4. The minimum absolute atomic E-state index is 0.0325. The van der Waals surface area contributed by atoms with Crippen molar-refractivity contribution in [3.63, 3.8) is 0 Å². The van der Waals surface area contributed by atoms with E-state index in [1.807, 2.05) is 0 Å². The van der Waals surface area contributed by atoms with Crippen LogP contribution < -0.4 is 14.7 Å². The zero-order valence-electron chi connectivity index (χ0n) is 28.6. The molecule has 0 bridgehead atoms. The van der Waals surface area contributed by atoms with Crippen molar-refractivity contribution in [3.05, 3.63) is 137 Å². The molecule has 0 radical (unpaired) electrons. The maximum atomic E-state index is 2.68. The number of likely N-dealkylation sites (N-methyl/N-ethyl adjacent to an activating group) is 2. The van der Waals surface area contributed by atoms with Gasteiger partial charge in [-0.15, -0.1) is 0 Å². The van der Waals surface area contributed by atoms with Crippen molar-refractivity contribution >= 4 is 22.8 Å². The molecule has 0 amide bonds. The van der Waals surface area contributed by atoms with Crippen LogP contribution >= 0.6 is 0 Å². The first-order valence-electron chi connectivity index (χ1n) is 17.1. The van der Waals surface area contributed by atoms with Gasteiger partial charge >= 0.3 is 0 Å². The Bertz CT molecular complexity index is 1690. The normalized spacial score (nSPS) is 24.0. The molecule has 4 aliphatic rings. The van der Waals surface area contributed by atoms with Gasteiger partial charge in [0.2, 0.25) is 5.71 Å². The van der Waals surface area contributed by atoms with Crippen LogP contribution in [0.15, 0.2) is 126 Å². The predicted octanol–water partition coefficient (Wildman–Crippen LogP) is 8.62. The van der Waals surface area contributed by atoms with E-state index in [-0.39, 0.29) is 10.8 Å². The average molecular weight is 610 g/mol. The van der Waals surface area contributed by atoms with Crippen LogP contribution in [0.5, 0.6) is 0 Å². The van der Waals surface area contributed by atoms with Crippen molar-refractivity contribution in [2.45, 2.75) is 57.8 Å². The Morgan fingerprint density at radius 1 is 0.587 bits per heavy atom. The number of nitrogens with zero attached hydrogens (tertiary/aromatic N) is 4. The lowest BCUT2D eigenvalue weighted by atomic mass is 9.82. The standard InChI is InChI=1S/C42H49N4/c1-41(2)34-19-10-12-21-36(34)43(5)38(41)25-23-31-15-14-16-32(24-26-39-42(3,4)35-20-11-13-22-37(35)44(39)6)40(31)46-29-27-45(28-30-46)33-17-8-7-9-18-33/h7-13,17-26H,14-16,27-30H2,1-6H3/q+1. The fourth-order valence-electron chi connectivity index (χ4n) is 8.43. The summed E-state index contributed by atoms with van der Waals surface area (Å²) in [5, 5.41) is 0. The van der Waals surface area contributed by atoms with Crippen LogP contribution in [0.2, 0.25) is 0 Å². The van der Waals surface area contributed by atoms with E-state index >= 15 is 0 Å². The lowest BCUT2D eigenvalue weighted by molar-refractivity contribution is -0.529. The molecule has 0 atom stereocenters. The number of fused-ring (bicyclic) bond motifs is 2. The highest BCUT2D eigenvalue weighted by molar-refractivity contribution is 6.10. The van der Waals surface area contributed by atoms with Crippen LogP contribution in [0.1, 0.15) is 58.1 Å². The van der Waals surface area contributed by atoms with Crippen LogP contribution in [0.25, 0.3) is 0 Å². The third kappa shape index (κ3) is 5.12. The van der Waals surface area contributed by atoms with Crippen molar-refractivity contribution in [2.24, 2.45) is 0 Å². The summed E-state index contributed by atoms with van der Waals surface area (Å²) in [5.41, 5.74) is 13.8. The third-order valence-corrected chi connectivity index (χ3v) is 11.0. The SMILES string of the molecule is CN1C(=CC=C2CCCC(=CC=C3N(C)c4ccccc4C3(C)C)C2=[N+]2CCN(c3ccccc3)CC2)C(C)(C)c2ccccc21. The fourth-order valence-corrected chi connectivity index (χ4v) is 8.43. The second kappa shape index (κ2) is 11.8. The van der Waals surface area contributed by atoms with E-state index in [0.29, 0.717) is 0 Å². The third-order valence-electron chi connectivity index (χ3n) is 11.0. The maximum Gasteiger partial charge on any atom is 0.206 e. The summed E-state index contributed by atoms with van der Waals surface area (Å²) in [6, 6.07) is 28.6. The number of benzene rings is 3. The molecule has 1 saturated heterocycles.